The zero-order valence-corrected chi connectivity index (χ0v) is 10.7. The SMILES string of the molecule is N#CCCCCCCCCCc1ccccc1. The van der Waals surface area contributed by atoms with E-state index in [0.717, 1.165) is 12.8 Å². The molecule has 0 aliphatic carbocycles. The van der Waals surface area contributed by atoms with E-state index >= 15 is 0 Å². The lowest BCUT2D eigenvalue weighted by molar-refractivity contribution is 0.582. The van der Waals surface area contributed by atoms with Crippen LogP contribution in [0.4, 0.5) is 0 Å². The van der Waals surface area contributed by atoms with Crippen LogP contribution < -0.4 is 0 Å². The first-order valence-corrected chi connectivity index (χ1v) is 6.84. The van der Waals surface area contributed by atoms with E-state index in [9.17, 15) is 0 Å². The highest BCUT2D eigenvalue weighted by Gasteiger charge is 1.93. The Morgan fingerprint density at radius 2 is 1.35 bits per heavy atom. The number of hydrogen-bond acceptors (Lipinski definition) is 1. The molecule has 0 unspecified atom stereocenters. The summed E-state index contributed by atoms with van der Waals surface area (Å²) in [6.45, 7) is 0. The van der Waals surface area contributed by atoms with Gasteiger partial charge in [-0.2, -0.15) is 5.26 Å². The number of nitrogens with zero attached hydrogens (tertiary/aromatic N) is 1. The standard InChI is InChI=1S/C16H23N/c17-15-11-6-4-2-1-3-5-8-12-16-13-9-7-10-14-16/h7,9-10,13-14H,1-6,8,11-12H2. The first kappa shape index (κ1) is 13.8. The van der Waals surface area contributed by atoms with Gasteiger partial charge >= 0.3 is 0 Å². The van der Waals surface area contributed by atoms with Crippen LogP contribution in [-0.2, 0) is 6.42 Å². The van der Waals surface area contributed by atoms with Crippen LogP contribution in [0, 0.1) is 11.3 Å². The first-order chi connectivity index (χ1) is 8.43. The van der Waals surface area contributed by atoms with E-state index < -0.39 is 0 Å². The molecular weight excluding hydrogens is 206 g/mol. The maximum absolute atomic E-state index is 8.40. The summed E-state index contributed by atoms with van der Waals surface area (Å²) in [5.74, 6) is 0. The molecule has 0 saturated heterocycles. The molecule has 1 nitrogen and oxygen atoms in total. The molecule has 0 aliphatic heterocycles. The van der Waals surface area contributed by atoms with Gasteiger partial charge in [-0.3, -0.25) is 0 Å². The van der Waals surface area contributed by atoms with E-state index in [4.69, 9.17) is 5.26 Å². The minimum Gasteiger partial charge on any atom is -0.198 e. The van der Waals surface area contributed by atoms with E-state index in [1.165, 1.54) is 50.5 Å². The van der Waals surface area contributed by atoms with Gasteiger partial charge in [0.25, 0.3) is 0 Å². The summed E-state index contributed by atoms with van der Waals surface area (Å²) in [4.78, 5) is 0. The van der Waals surface area contributed by atoms with E-state index in [-0.39, 0.29) is 0 Å². The predicted molar refractivity (Wildman–Crippen MR) is 72.7 cm³/mol. The Labute approximate surface area is 105 Å². The van der Waals surface area contributed by atoms with Gasteiger partial charge in [0, 0.05) is 6.42 Å². The molecule has 0 aromatic heterocycles. The summed E-state index contributed by atoms with van der Waals surface area (Å²) in [6.07, 6.45) is 10.9. The van der Waals surface area contributed by atoms with Gasteiger partial charge in [-0.25, -0.2) is 0 Å². The van der Waals surface area contributed by atoms with E-state index in [0.29, 0.717) is 0 Å². The molecule has 17 heavy (non-hydrogen) atoms. The summed E-state index contributed by atoms with van der Waals surface area (Å²) in [6, 6.07) is 12.9. The Morgan fingerprint density at radius 3 is 2.00 bits per heavy atom. The average Bonchev–Trinajstić information content (AvgIpc) is 2.38. The van der Waals surface area contributed by atoms with Gasteiger partial charge in [0.15, 0.2) is 0 Å². The summed E-state index contributed by atoms with van der Waals surface area (Å²) in [5, 5.41) is 8.40. The Hall–Kier alpha value is -1.29. The molecule has 0 amide bonds. The maximum atomic E-state index is 8.40. The van der Waals surface area contributed by atoms with Crippen molar-refractivity contribution in [3.63, 3.8) is 0 Å². The molecule has 0 saturated carbocycles. The molecule has 0 bridgehead atoms. The van der Waals surface area contributed by atoms with Gasteiger partial charge in [-0.15, -0.1) is 0 Å². The predicted octanol–water partition coefficient (Wildman–Crippen LogP) is 4.87. The molecule has 0 aliphatic rings. The van der Waals surface area contributed by atoms with Crippen LogP contribution >= 0.6 is 0 Å². The number of benzene rings is 1. The van der Waals surface area contributed by atoms with Gasteiger partial charge in [0.2, 0.25) is 0 Å². The number of hydrogen-bond donors (Lipinski definition) is 0. The molecule has 92 valence electrons. The fraction of sp³-hybridized carbons (Fsp3) is 0.562. The summed E-state index contributed by atoms with van der Waals surface area (Å²) in [5.41, 5.74) is 1.46. The lowest BCUT2D eigenvalue weighted by Gasteiger charge is -2.02. The Morgan fingerprint density at radius 1 is 0.765 bits per heavy atom. The third-order valence-corrected chi connectivity index (χ3v) is 3.10. The van der Waals surface area contributed by atoms with Crippen molar-refractivity contribution < 1.29 is 0 Å². The van der Waals surface area contributed by atoms with Gasteiger partial charge < -0.3 is 0 Å². The molecule has 0 spiro atoms. The average molecular weight is 229 g/mol. The van der Waals surface area contributed by atoms with Gasteiger partial charge in [0.05, 0.1) is 6.07 Å². The lowest BCUT2D eigenvalue weighted by Crippen LogP contribution is -1.85. The molecule has 0 atom stereocenters. The molecular formula is C16H23N. The molecule has 0 radical (unpaired) electrons. The van der Waals surface area contributed by atoms with Crippen LogP contribution in [0.15, 0.2) is 30.3 Å². The highest BCUT2D eigenvalue weighted by molar-refractivity contribution is 5.14. The second kappa shape index (κ2) is 9.90. The van der Waals surface area contributed by atoms with Crippen LogP contribution in [0.25, 0.3) is 0 Å². The van der Waals surface area contributed by atoms with Crippen molar-refractivity contribution in [1.29, 1.82) is 5.26 Å². The Kier molecular flexibility index (Phi) is 8.02. The zero-order chi connectivity index (χ0) is 12.2. The lowest BCUT2D eigenvalue weighted by atomic mass is 10.0. The van der Waals surface area contributed by atoms with Crippen LogP contribution in [0.2, 0.25) is 0 Å². The normalized spacial score (nSPS) is 10.1. The fourth-order valence-corrected chi connectivity index (χ4v) is 2.06. The smallest absolute Gasteiger partial charge is 0.0621 e. The molecule has 1 heteroatoms. The molecule has 1 rings (SSSR count). The van der Waals surface area contributed by atoms with Crippen molar-refractivity contribution >= 4 is 0 Å². The van der Waals surface area contributed by atoms with E-state index in [1.54, 1.807) is 0 Å². The van der Waals surface area contributed by atoms with Crippen LogP contribution in [0.5, 0.6) is 0 Å². The molecule has 0 heterocycles. The second-order valence-electron chi connectivity index (χ2n) is 4.62. The summed E-state index contributed by atoms with van der Waals surface area (Å²) < 4.78 is 0. The number of aryl methyl sites for hydroxylation is 1. The number of nitriles is 1. The van der Waals surface area contributed by atoms with Crippen LogP contribution in [0.3, 0.4) is 0 Å². The van der Waals surface area contributed by atoms with Crippen molar-refractivity contribution in [2.45, 2.75) is 57.8 Å². The monoisotopic (exact) mass is 229 g/mol. The fourth-order valence-electron chi connectivity index (χ4n) is 2.06. The molecule has 1 aromatic carbocycles. The highest BCUT2D eigenvalue weighted by atomic mass is 14.2. The van der Waals surface area contributed by atoms with E-state index in [2.05, 4.69) is 36.4 Å². The maximum Gasteiger partial charge on any atom is 0.0621 e. The third kappa shape index (κ3) is 7.58. The molecule has 1 aromatic rings. The number of rotatable bonds is 9. The van der Waals surface area contributed by atoms with Crippen molar-refractivity contribution in [1.82, 2.24) is 0 Å². The van der Waals surface area contributed by atoms with Crippen LogP contribution in [0.1, 0.15) is 56.9 Å². The summed E-state index contributed by atoms with van der Waals surface area (Å²) in [7, 11) is 0. The Bertz CT molecular complexity index is 310. The van der Waals surface area contributed by atoms with Crippen molar-refractivity contribution in [3.8, 4) is 6.07 Å². The van der Waals surface area contributed by atoms with Gasteiger partial charge in [0.1, 0.15) is 0 Å². The Balaban J connectivity index is 1.87. The largest absolute Gasteiger partial charge is 0.198 e. The van der Waals surface area contributed by atoms with Gasteiger partial charge in [-0.05, 0) is 24.8 Å². The van der Waals surface area contributed by atoms with Crippen LogP contribution in [-0.4, -0.2) is 0 Å². The zero-order valence-electron chi connectivity index (χ0n) is 10.7. The van der Waals surface area contributed by atoms with E-state index in [1.807, 2.05) is 0 Å². The third-order valence-electron chi connectivity index (χ3n) is 3.10. The topological polar surface area (TPSA) is 23.8 Å². The van der Waals surface area contributed by atoms with Crippen molar-refractivity contribution in [2.75, 3.05) is 0 Å². The second-order valence-corrected chi connectivity index (χ2v) is 4.62. The molecule has 0 fully saturated rings. The molecule has 0 N–H and O–H groups in total. The first-order valence-electron chi connectivity index (χ1n) is 6.84. The summed E-state index contributed by atoms with van der Waals surface area (Å²) >= 11 is 0. The quantitative estimate of drug-likeness (QED) is 0.554. The van der Waals surface area contributed by atoms with Gasteiger partial charge in [-0.1, -0.05) is 62.4 Å². The van der Waals surface area contributed by atoms with Crippen molar-refractivity contribution in [2.24, 2.45) is 0 Å². The highest BCUT2D eigenvalue weighted by Crippen LogP contribution is 2.10. The van der Waals surface area contributed by atoms with Crippen molar-refractivity contribution in [3.05, 3.63) is 35.9 Å². The number of unbranched alkanes of at least 4 members (excludes halogenated alkanes) is 7. The minimum atomic E-state index is 0.730. The minimum absolute atomic E-state index is 0.730.